The third-order valence-electron chi connectivity index (χ3n) is 2.09. The molecule has 5 atom stereocenters. The summed E-state index contributed by atoms with van der Waals surface area (Å²) in [5, 5.41) is 36.7. The average Bonchev–Trinajstić information content (AvgIpc) is 2.17. The van der Waals surface area contributed by atoms with Gasteiger partial charge in [-0.1, -0.05) is 0 Å². The number of rotatable bonds is 3. The molecule has 106 valence electrons. The van der Waals surface area contributed by atoms with Gasteiger partial charge in [0.2, 0.25) is 0 Å². The molecule has 1 aliphatic rings. The first-order chi connectivity index (χ1) is 7.22. The maximum absolute atomic E-state index is 10.4. The Morgan fingerprint density at radius 3 is 2.00 bits per heavy atom. The van der Waals surface area contributed by atoms with Gasteiger partial charge in [0.25, 0.3) is 0 Å². The van der Waals surface area contributed by atoms with Gasteiger partial charge in [-0.3, -0.25) is 4.52 Å². The number of ether oxygens (including phenoxy) is 1. The van der Waals surface area contributed by atoms with Crippen molar-refractivity contribution < 1.29 is 49.5 Å². The van der Waals surface area contributed by atoms with Gasteiger partial charge in [-0.25, -0.2) is 4.57 Å². The van der Waals surface area contributed by atoms with Crippen molar-refractivity contribution in [2.24, 2.45) is 0 Å². The molecule has 2 radical (unpaired) electrons. The van der Waals surface area contributed by atoms with E-state index < -0.39 is 45.1 Å². The first kappa shape index (κ1) is 21.7. The van der Waals surface area contributed by atoms with Crippen molar-refractivity contribution in [1.82, 2.24) is 0 Å². The third kappa shape index (κ3) is 6.26. The third-order valence-corrected chi connectivity index (χ3v) is 2.58. The second-order valence-electron chi connectivity index (χ2n) is 3.32. The van der Waals surface area contributed by atoms with E-state index in [1.54, 1.807) is 0 Å². The van der Waals surface area contributed by atoms with Crippen LogP contribution in [0.25, 0.3) is 0 Å². The van der Waals surface area contributed by atoms with E-state index in [-0.39, 0.29) is 54.4 Å². The van der Waals surface area contributed by atoms with E-state index in [1.807, 2.05) is 0 Å². The zero-order valence-corrected chi connectivity index (χ0v) is 14.5. The number of aliphatic hydroxyl groups is 4. The number of phosphoric acid groups is 1. The molecule has 1 fully saturated rings. The van der Waals surface area contributed by atoms with Gasteiger partial charge in [0.15, 0.2) is 6.29 Å². The average molecular weight is 415 g/mol. The van der Waals surface area contributed by atoms with Crippen molar-refractivity contribution in [2.75, 3.05) is 6.61 Å². The minimum Gasteiger partial charge on any atom is -0.412 e. The molecule has 1 unspecified atom stereocenters. The fraction of sp³-hybridized carbons (Fsp3) is 1.00. The zero-order valence-electron chi connectivity index (χ0n) is 9.16. The Balaban J connectivity index is 0. The predicted octanol–water partition coefficient (Wildman–Crippen LogP) is -4.31. The molecule has 0 aromatic heterocycles. The molecule has 0 aromatic rings. The minimum absolute atomic E-state index is 0. The quantitative estimate of drug-likeness (QED) is 0.196. The van der Waals surface area contributed by atoms with Gasteiger partial charge in [-0.15, -0.1) is 0 Å². The summed E-state index contributed by atoms with van der Waals surface area (Å²) in [7, 11) is -4.73. The molecule has 12 heteroatoms. The van der Waals surface area contributed by atoms with E-state index in [9.17, 15) is 14.8 Å². The topological polar surface area (TPSA) is 188 Å². The largest absolute Gasteiger partial charge is 0.469 e. The summed E-state index contributed by atoms with van der Waals surface area (Å²) in [4.78, 5) is 16.8. The molecule has 18 heavy (non-hydrogen) atoms. The van der Waals surface area contributed by atoms with E-state index >= 15 is 0 Å². The van der Waals surface area contributed by atoms with Crippen LogP contribution < -0.4 is 0 Å². The molecule has 0 amide bonds. The van der Waals surface area contributed by atoms with Gasteiger partial charge in [0.05, 0.1) is 6.61 Å². The minimum atomic E-state index is -4.73. The summed E-state index contributed by atoms with van der Waals surface area (Å²) < 4.78 is 19.0. The molecule has 0 aliphatic carbocycles. The second-order valence-corrected chi connectivity index (χ2v) is 4.56. The Bertz CT molecular complexity index is 284. The van der Waals surface area contributed by atoms with Gasteiger partial charge < -0.3 is 40.4 Å². The summed E-state index contributed by atoms with van der Waals surface area (Å²) >= 11 is 0. The number of hydrogen-bond acceptors (Lipinski definition) is 7. The maximum Gasteiger partial charge on any atom is 0.469 e. The van der Waals surface area contributed by atoms with Crippen molar-refractivity contribution in [3.8, 4) is 0 Å². The summed E-state index contributed by atoms with van der Waals surface area (Å²) in [6.45, 7) is -0.730. The molecular formula is C6H15BaO10P. The van der Waals surface area contributed by atoms with Crippen molar-refractivity contribution >= 4 is 56.7 Å². The van der Waals surface area contributed by atoms with Crippen LogP contribution in [0.3, 0.4) is 0 Å². The van der Waals surface area contributed by atoms with Crippen LogP contribution in [0.1, 0.15) is 0 Å². The van der Waals surface area contributed by atoms with E-state index in [0.29, 0.717) is 0 Å². The number of aliphatic hydroxyl groups excluding tert-OH is 4. The van der Waals surface area contributed by atoms with Crippen LogP contribution >= 0.6 is 7.82 Å². The fourth-order valence-electron chi connectivity index (χ4n) is 1.24. The van der Waals surface area contributed by atoms with Gasteiger partial charge in [0.1, 0.15) is 24.4 Å². The molecule has 0 aromatic carbocycles. The molecule has 1 rings (SSSR count). The SMILES string of the molecule is O.O=P(O)(O)OC[C@H]1OC(O)[C@@H](O)[C@@H](O)[C@@H]1O.[Ba]. The van der Waals surface area contributed by atoms with Crippen LogP contribution in [0.15, 0.2) is 0 Å². The van der Waals surface area contributed by atoms with Crippen LogP contribution in [0, 0.1) is 0 Å². The summed E-state index contributed by atoms with van der Waals surface area (Å²) in [6.07, 6.45) is -8.11. The first-order valence-corrected chi connectivity index (χ1v) is 5.83. The van der Waals surface area contributed by atoms with E-state index in [1.165, 1.54) is 0 Å². The second kappa shape index (κ2) is 8.67. The molecule has 0 saturated carbocycles. The molecule has 10 nitrogen and oxygen atoms in total. The Hall–Kier alpha value is 1.44. The van der Waals surface area contributed by atoms with Crippen LogP contribution in [-0.2, 0) is 13.8 Å². The fourth-order valence-corrected chi connectivity index (χ4v) is 1.58. The Morgan fingerprint density at radius 2 is 1.56 bits per heavy atom. The van der Waals surface area contributed by atoms with E-state index in [4.69, 9.17) is 20.0 Å². The van der Waals surface area contributed by atoms with Crippen LogP contribution in [0.5, 0.6) is 0 Å². The van der Waals surface area contributed by atoms with Gasteiger partial charge in [-0.05, 0) is 0 Å². The Labute approximate surface area is 142 Å². The summed E-state index contributed by atoms with van der Waals surface area (Å²) in [5.41, 5.74) is 0. The maximum atomic E-state index is 10.4. The molecular weight excluding hydrogens is 400 g/mol. The monoisotopic (exact) mass is 416 g/mol. The Kier molecular flexibility index (Phi) is 10.5. The normalized spacial score (nSPS) is 36.4. The molecule has 0 bridgehead atoms. The molecule has 0 spiro atoms. The predicted molar refractivity (Wildman–Crippen MR) is 56.3 cm³/mol. The van der Waals surface area contributed by atoms with Crippen molar-refractivity contribution in [2.45, 2.75) is 30.7 Å². The van der Waals surface area contributed by atoms with Crippen LogP contribution in [-0.4, -0.2) is 122 Å². The zero-order chi connectivity index (χ0) is 12.5. The smallest absolute Gasteiger partial charge is 0.412 e. The van der Waals surface area contributed by atoms with Gasteiger partial charge in [0, 0.05) is 48.9 Å². The molecule has 8 N–H and O–H groups in total. The van der Waals surface area contributed by atoms with Crippen molar-refractivity contribution in [3.05, 3.63) is 0 Å². The van der Waals surface area contributed by atoms with E-state index in [0.717, 1.165) is 0 Å². The standard InChI is InChI=1S/C6H13O9P.Ba.H2O/c7-3-2(1-14-16(11,12)13)15-6(10)5(9)4(3)8;;/h2-10H,1H2,(H2,11,12,13);;1H2/t2-,3-,4+,5+,6?;;/m1../s1. The summed E-state index contributed by atoms with van der Waals surface area (Å²) in [6, 6.07) is 0. The summed E-state index contributed by atoms with van der Waals surface area (Å²) in [5.74, 6) is 0. The van der Waals surface area contributed by atoms with E-state index in [2.05, 4.69) is 9.26 Å². The van der Waals surface area contributed by atoms with Gasteiger partial charge in [-0.2, -0.15) is 0 Å². The number of hydrogen-bond donors (Lipinski definition) is 6. The number of phosphoric ester groups is 1. The first-order valence-electron chi connectivity index (χ1n) is 4.30. The molecule has 1 heterocycles. The molecule has 1 saturated heterocycles. The van der Waals surface area contributed by atoms with Crippen LogP contribution in [0.4, 0.5) is 0 Å². The van der Waals surface area contributed by atoms with Crippen LogP contribution in [0.2, 0.25) is 0 Å². The Morgan fingerprint density at radius 1 is 1.06 bits per heavy atom. The van der Waals surface area contributed by atoms with Crippen molar-refractivity contribution in [3.63, 3.8) is 0 Å². The van der Waals surface area contributed by atoms with Crippen molar-refractivity contribution in [1.29, 1.82) is 0 Å². The van der Waals surface area contributed by atoms with Gasteiger partial charge >= 0.3 is 7.82 Å². The molecule has 1 aliphatic heterocycles.